The van der Waals surface area contributed by atoms with E-state index in [0.29, 0.717) is 24.6 Å². The van der Waals surface area contributed by atoms with Crippen molar-refractivity contribution in [1.82, 2.24) is 0 Å². The van der Waals surface area contributed by atoms with Gasteiger partial charge < -0.3 is 14.8 Å². The number of hydrogen-bond donors (Lipinski definition) is 1. The van der Waals surface area contributed by atoms with Crippen LogP contribution in [-0.4, -0.2) is 32.3 Å². The van der Waals surface area contributed by atoms with E-state index in [0.717, 1.165) is 6.42 Å². The highest BCUT2D eigenvalue weighted by Gasteiger charge is 2.20. The summed E-state index contributed by atoms with van der Waals surface area (Å²) in [5, 5.41) is 14.2. The second-order valence-electron chi connectivity index (χ2n) is 5.40. The van der Waals surface area contributed by atoms with Gasteiger partial charge in [0.25, 0.3) is 5.69 Å². The molecule has 0 saturated heterocycles. The normalized spacial score (nSPS) is 11.2. The third kappa shape index (κ3) is 4.70. The number of hydrogen-bond acceptors (Lipinski definition) is 5. The van der Waals surface area contributed by atoms with Crippen molar-refractivity contribution in [3.8, 4) is 5.75 Å². The molecule has 112 valence electrons. The maximum atomic E-state index is 11.1. The van der Waals surface area contributed by atoms with Gasteiger partial charge in [-0.25, -0.2) is 0 Å². The molecule has 0 fully saturated rings. The number of nitrogens with zero attached hydrogens (tertiary/aromatic N) is 1. The lowest BCUT2D eigenvalue weighted by Gasteiger charge is -2.25. The molecule has 1 aromatic rings. The highest BCUT2D eigenvalue weighted by Crippen LogP contribution is 2.30. The maximum Gasteiger partial charge on any atom is 0.296 e. The fourth-order valence-corrected chi connectivity index (χ4v) is 1.74. The minimum atomic E-state index is -0.410. The van der Waals surface area contributed by atoms with Gasteiger partial charge in [0, 0.05) is 20.3 Å². The van der Waals surface area contributed by atoms with Crippen LogP contribution in [0.1, 0.15) is 20.3 Å². The predicted octanol–water partition coefficient (Wildman–Crippen LogP) is 3.08. The first-order valence-electron chi connectivity index (χ1n) is 6.45. The molecule has 1 rings (SSSR count). The van der Waals surface area contributed by atoms with Crippen LogP contribution in [0.2, 0.25) is 0 Å². The number of nitro benzene ring substituents is 1. The molecule has 0 aliphatic carbocycles. The van der Waals surface area contributed by atoms with E-state index in [-0.39, 0.29) is 11.1 Å². The third-order valence-corrected chi connectivity index (χ3v) is 3.14. The fourth-order valence-electron chi connectivity index (χ4n) is 1.74. The Bertz CT molecular complexity index is 460. The van der Waals surface area contributed by atoms with E-state index >= 15 is 0 Å². The van der Waals surface area contributed by atoms with E-state index in [1.165, 1.54) is 13.2 Å². The summed E-state index contributed by atoms with van der Waals surface area (Å²) in [6.45, 7) is 5.48. The number of anilines is 1. The van der Waals surface area contributed by atoms with E-state index in [2.05, 4.69) is 19.2 Å². The van der Waals surface area contributed by atoms with E-state index in [4.69, 9.17) is 9.47 Å². The van der Waals surface area contributed by atoms with Gasteiger partial charge in [0.05, 0.1) is 18.1 Å². The smallest absolute Gasteiger partial charge is 0.296 e. The van der Waals surface area contributed by atoms with Crippen LogP contribution in [0.5, 0.6) is 5.75 Å². The Morgan fingerprint density at radius 1 is 1.35 bits per heavy atom. The molecule has 0 spiro atoms. The average Bonchev–Trinajstić information content (AvgIpc) is 2.42. The van der Waals surface area contributed by atoms with Crippen LogP contribution in [0.25, 0.3) is 0 Å². The molecule has 0 heterocycles. The average molecular weight is 282 g/mol. The topological polar surface area (TPSA) is 73.6 Å². The summed E-state index contributed by atoms with van der Waals surface area (Å²) in [5.41, 5.74) is 0.511. The lowest BCUT2D eigenvalue weighted by molar-refractivity contribution is -0.384. The second kappa shape index (κ2) is 7.09. The molecule has 6 heteroatoms. The van der Waals surface area contributed by atoms with Crippen molar-refractivity contribution in [3.05, 3.63) is 28.3 Å². The Kier molecular flexibility index (Phi) is 5.76. The lowest BCUT2D eigenvalue weighted by Crippen LogP contribution is -2.24. The SMILES string of the molecule is COCCC(C)(C)CNc1ccc(OC)cc1[N+](=O)[O-]. The van der Waals surface area contributed by atoms with Crippen LogP contribution in [0.15, 0.2) is 18.2 Å². The van der Waals surface area contributed by atoms with Gasteiger partial charge in [-0.2, -0.15) is 0 Å². The summed E-state index contributed by atoms with van der Waals surface area (Å²) in [6, 6.07) is 4.80. The van der Waals surface area contributed by atoms with Crippen molar-refractivity contribution < 1.29 is 14.4 Å². The zero-order chi connectivity index (χ0) is 15.2. The van der Waals surface area contributed by atoms with Gasteiger partial charge in [0.2, 0.25) is 0 Å². The number of rotatable bonds is 8. The van der Waals surface area contributed by atoms with Gasteiger partial charge in [-0.3, -0.25) is 10.1 Å². The zero-order valence-electron chi connectivity index (χ0n) is 12.4. The summed E-state index contributed by atoms with van der Waals surface area (Å²) in [4.78, 5) is 10.7. The molecule has 0 aromatic heterocycles. The molecule has 0 unspecified atom stereocenters. The Morgan fingerprint density at radius 3 is 2.60 bits per heavy atom. The summed E-state index contributed by atoms with van der Waals surface area (Å²) in [6.07, 6.45) is 0.875. The first-order valence-corrected chi connectivity index (χ1v) is 6.45. The van der Waals surface area contributed by atoms with Gasteiger partial charge in [0.1, 0.15) is 11.4 Å². The van der Waals surface area contributed by atoms with Crippen molar-refractivity contribution in [1.29, 1.82) is 0 Å². The van der Waals surface area contributed by atoms with Crippen LogP contribution >= 0.6 is 0 Å². The number of nitrogens with one attached hydrogen (secondary N) is 1. The van der Waals surface area contributed by atoms with Crippen molar-refractivity contribution in [2.45, 2.75) is 20.3 Å². The van der Waals surface area contributed by atoms with Crippen LogP contribution in [0, 0.1) is 15.5 Å². The molecule has 1 aromatic carbocycles. The van der Waals surface area contributed by atoms with Gasteiger partial charge in [-0.15, -0.1) is 0 Å². The molecule has 20 heavy (non-hydrogen) atoms. The Balaban J connectivity index is 2.79. The molecule has 0 bridgehead atoms. The largest absolute Gasteiger partial charge is 0.496 e. The number of ether oxygens (including phenoxy) is 2. The summed E-state index contributed by atoms with van der Waals surface area (Å²) >= 11 is 0. The van der Waals surface area contributed by atoms with E-state index in [1.807, 2.05) is 0 Å². The van der Waals surface area contributed by atoms with Crippen LogP contribution < -0.4 is 10.1 Å². The molecule has 0 aliphatic rings. The molecule has 0 aliphatic heterocycles. The van der Waals surface area contributed by atoms with Crippen LogP contribution in [0.3, 0.4) is 0 Å². The maximum absolute atomic E-state index is 11.1. The number of methoxy groups -OCH3 is 2. The van der Waals surface area contributed by atoms with Crippen LogP contribution in [0.4, 0.5) is 11.4 Å². The molecular weight excluding hydrogens is 260 g/mol. The highest BCUT2D eigenvalue weighted by atomic mass is 16.6. The Morgan fingerprint density at radius 2 is 2.05 bits per heavy atom. The van der Waals surface area contributed by atoms with E-state index < -0.39 is 4.92 Å². The van der Waals surface area contributed by atoms with Gasteiger partial charge in [-0.05, 0) is 24.0 Å². The van der Waals surface area contributed by atoms with Crippen molar-refractivity contribution >= 4 is 11.4 Å². The third-order valence-electron chi connectivity index (χ3n) is 3.14. The molecule has 1 N–H and O–H groups in total. The monoisotopic (exact) mass is 282 g/mol. The quantitative estimate of drug-likeness (QED) is 0.586. The van der Waals surface area contributed by atoms with Crippen molar-refractivity contribution in [3.63, 3.8) is 0 Å². The highest BCUT2D eigenvalue weighted by molar-refractivity contribution is 5.63. The number of benzene rings is 1. The summed E-state index contributed by atoms with van der Waals surface area (Å²) in [5.74, 6) is 0.473. The minimum absolute atomic E-state index is 0.0101. The van der Waals surface area contributed by atoms with Gasteiger partial charge in [0.15, 0.2) is 0 Å². The molecule has 0 radical (unpaired) electrons. The van der Waals surface area contributed by atoms with Crippen LogP contribution in [-0.2, 0) is 4.74 Å². The standard InChI is InChI=1S/C14H22N2O4/c1-14(2,7-8-19-3)10-15-12-6-5-11(20-4)9-13(12)16(17)18/h5-6,9,15H,7-8,10H2,1-4H3. The summed E-state index contributed by atoms with van der Waals surface area (Å²) < 4.78 is 10.1. The van der Waals surface area contributed by atoms with E-state index in [9.17, 15) is 10.1 Å². The number of nitro groups is 1. The zero-order valence-corrected chi connectivity index (χ0v) is 12.4. The Hall–Kier alpha value is -1.82. The molecule has 0 saturated carbocycles. The van der Waals surface area contributed by atoms with E-state index in [1.54, 1.807) is 19.2 Å². The Labute approximate surface area is 119 Å². The predicted molar refractivity (Wildman–Crippen MR) is 78.4 cm³/mol. The lowest BCUT2D eigenvalue weighted by atomic mass is 9.89. The molecule has 6 nitrogen and oxygen atoms in total. The van der Waals surface area contributed by atoms with Crippen molar-refractivity contribution in [2.24, 2.45) is 5.41 Å². The van der Waals surface area contributed by atoms with Crippen molar-refractivity contribution in [2.75, 3.05) is 32.7 Å². The molecular formula is C14H22N2O4. The fraction of sp³-hybridized carbons (Fsp3) is 0.571. The molecule has 0 amide bonds. The first-order chi connectivity index (χ1) is 9.39. The minimum Gasteiger partial charge on any atom is -0.496 e. The second-order valence-corrected chi connectivity index (χ2v) is 5.40. The molecule has 0 atom stereocenters. The summed E-state index contributed by atoms with van der Waals surface area (Å²) in [7, 11) is 3.15. The first kappa shape index (κ1) is 16.2. The van der Waals surface area contributed by atoms with Gasteiger partial charge in [-0.1, -0.05) is 13.8 Å². The van der Waals surface area contributed by atoms with Gasteiger partial charge >= 0.3 is 0 Å².